The van der Waals surface area contributed by atoms with Crippen molar-refractivity contribution < 1.29 is 4.42 Å². The molecule has 8 heteroatoms. The third kappa shape index (κ3) is 4.24. The zero-order valence-corrected chi connectivity index (χ0v) is 16.7. The summed E-state index contributed by atoms with van der Waals surface area (Å²) in [6.07, 6.45) is 3.73. The van der Waals surface area contributed by atoms with E-state index in [1.54, 1.807) is 11.3 Å². The van der Waals surface area contributed by atoms with Crippen LogP contribution >= 0.6 is 23.6 Å². The van der Waals surface area contributed by atoms with Gasteiger partial charge in [0, 0.05) is 0 Å². The lowest BCUT2D eigenvalue weighted by Gasteiger charge is -2.14. The summed E-state index contributed by atoms with van der Waals surface area (Å²) in [6.45, 7) is 3.27. The number of aryl methyl sites for hydroxylation is 1. The molecular formula is C19H19N5OS2. The van der Waals surface area contributed by atoms with Gasteiger partial charge in [-0.15, -0.1) is 11.3 Å². The van der Waals surface area contributed by atoms with Crippen LogP contribution in [-0.4, -0.2) is 31.7 Å². The van der Waals surface area contributed by atoms with E-state index in [2.05, 4.69) is 26.0 Å². The molecule has 6 nitrogen and oxygen atoms in total. The SMILES string of the molecule is Cc1ccc(/C=C/c2nc(=S)n(CN(C)Cc3nc4ccccc4s3)[nH]2)o1. The van der Waals surface area contributed by atoms with Crippen molar-refractivity contribution in [2.45, 2.75) is 20.1 Å². The van der Waals surface area contributed by atoms with Crippen molar-refractivity contribution in [1.82, 2.24) is 24.6 Å². The Hall–Kier alpha value is -2.55. The molecule has 3 heterocycles. The summed E-state index contributed by atoms with van der Waals surface area (Å²) < 4.78 is 9.09. The summed E-state index contributed by atoms with van der Waals surface area (Å²) in [5.74, 6) is 2.36. The van der Waals surface area contributed by atoms with Crippen LogP contribution in [0.25, 0.3) is 22.4 Å². The fourth-order valence-corrected chi connectivity index (χ4v) is 4.01. The maximum Gasteiger partial charge on any atom is 0.217 e. The predicted octanol–water partition coefficient (Wildman–Crippen LogP) is 4.71. The van der Waals surface area contributed by atoms with E-state index in [9.17, 15) is 0 Å². The predicted molar refractivity (Wildman–Crippen MR) is 111 cm³/mol. The molecule has 0 radical (unpaired) electrons. The number of hydrogen-bond acceptors (Lipinski definition) is 6. The molecule has 0 fully saturated rings. The zero-order valence-electron chi connectivity index (χ0n) is 15.0. The maximum absolute atomic E-state index is 5.52. The van der Waals surface area contributed by atoms with Gasteiger partial charge in [-0.2, -0.15) is 4.98 Å². The van der Waals surface area contributed by atoms with E-state index >= 15 is 0 Å². The molecular weight excluding hydrogens is 378 g/mol. The molecule has 0 spiro atoms. The van der Waals surface area contributed by atoms with Gasteiger partial charge < -0.3 is 4.42 Å². The highest BCUT2D eigenvalue weighted by molar-refractivity contribution is 7.71. The second-order valence-electron chi connectivity index (χ2n) is 6.33. The monoisotopic (exact) mass is 397 g/mol. The quantitative estimate of drug-likeness (QED) is 0.477. The first-order valence-corrected chi connectivity index (χ1v) is 9.74. The van der Waals surface area contributed by atoms with Crippen LogP contribution in [0.4, 0.5) is 0 Å². The molecule has 0 aliphatic carbocycles. The Morgan fingerprint density at radius 3 is 2.85 bits per heavy atom. The lowest BCUT2D eigenvalue weighted by Crippen LogP contribution is -2.22. The molecule has 3 aromatic heterocycles. The normalized spacial score (nSPS) is 12.0. The number of nitrogens with zero attached hydrogens (tertiary/aromatic N) is 4. The fourth-order valence-electron chi connectivity index (χ4n) is 2.76. The first-order valence-electron chi connectivity index (χ1n) is 8.51. The maximum atomic E-state index is 5.52. The number of H-pyrrole nitrogens is 1. The van der Waals surface area contributed by atoms with E-state index in [4.69, 9.17) is 16.6 Å². The highest BCUT2D eigenvalue weighted by atomic mass is 32.1. The number of thiazole rings is 1. The number of furan rings is 1. The van der Waals surface area contributed by atoms with Gasteiger partial charge in [0.25, 0.3) is 0 Å². The molecule has 1 aromatic carbocycles. The van der Waals surface area contributed by atoms with Gasteiger partial charge in [-0.1, -0.05) is 12.1 Å². The van der Waals surface area contributed by atoms with Crippen LogP contribution in [0.15, 0.2) is 40.8 Å². The Morgan fingerprint density at radius 1 is 1.22 bits per heavy atom. The highest BCUT2D eigenvalue weighted by Crippen LogP contribution is 2.22. The van der Waals surface area contributed by atoms with Crippen LogP contribution in [0.2, 0.25) is 0 Å². The molecule has 4 aromatic rings. The first kappa shape index (κ1) is 17.8. The number of para-hydroxylation sites is 1. The number of rotatable bonds is 6. The van der Waals surface area contributed by atoms with Gasteiger partial charge in [-0.3, -0.25) is 10.00 Å². The van der Waals surface area contributed by atoms with Crippen molar-refractivity contribution in [1.29, 1.82) is 0 Å². The average Bonchev–Trinajstić information content (AvgIpc) is 3.32. The number of aromatic nitrogens is 4. The Bertz CT molecular complexity index is 1120. The molecule has 0 bridgehead atoms. The molecule has 0 saturated carbocycles. The van der Waals surface area contributed by atoms with Crippen LogP contribution in [-0.2, 0) is 13.2 Å². The van der Waals surface area contributed by atoms with Gasteiger partial charge in [0.1, 0.15) is 22.4 Å². The van der Waals surface area contributed by atoms with Crippen LogP contribution < -0.4 is 0 Å². The Morgan fingerprint density at radius 2 is 2.07 bits per heavy atom. The van der Waals surface area contributed by atoms with Crippen LogP contribution in [0.5, 0.6) is 0 Å². The van der Waals surface area contributed by atoms with Gasteiger partial charge in [0.05, 0.1) is 23.4 Å². The Kier molecular flexibility index (Phi) is 5.02. The Labute approximate surface area is 165 Å². The average molecular weight is 398 g/mol. The number of benzene rings is 1. The minimum Gasteiger partial charge on any atom is -0.462 e. The van der Waals surface area contributed by atoms with Crippen molar-refractivity contribution in [2.24, 2.45) is 0 Å². The topological polar surface area (TPSA) is 62.9 Å². The minimum atomic E-state index is 0.515. The molecule has 0 saturated heterocycles. The van der Waals surface area contributed by atoms with Crippen LogP contribution in [0, 0.1) is 11.7 Å². The van der Waals surface area contributed by atoms with E-state index < -0.39 is 0 Å². The summed E-state index contributed by atoms with van der Waals surface area (Å²) in [5, 5.41) is 4.30. The molecule has 1 N–H and O–H groups in total. The molecule has 0 unspecified atom stereocenters. The second-order valence-corrected chi connectivity index (χ2v) is 7.81. The van der Waals surface area contributed by atoms with Crippen molar-refractivity contribution in [3.05, 3.63) is 63.5 Å². The number of hydrogen-bond donors (Lipinski definition) is 1. The highest BCUT2D eigenvalue weighted by Gasteiger charge is 2.08. The molecule has 138 valence electrons. The molecule has 4 rings (SSSR count). The van der Waals surface area contributed by atoms with Crippen LogP contribution in [0.1, 0.15) is 22.4 Å². The molecule has 0 atom stereocenters. The third-order valence-electron chi connectivity index (χ3n) is 3.99. The van der Waals surface area contributed by atoms with Crippen molar-refractivity contribution in [3.8, 4) is 0 Å². The van der Waals surface area contributed by atoms with Crippen molar-refractivity contribution in [3.63, 3.8) is 0 Å². The molecule has 27 heavy (non-hydrogen) atoms. The van der Waals surface area contributed by atoms with E-state index in [0.29, 0.717) is 17.3 Å². The Balaban J connectivity index is 1.43. The fraction of sp³-hybridized carbons (Fsp3) is 0.211. The molecule has 0 aliphatic heterocycles. The standard InChI is InChI=1S/C19H19N5OS2/c1-13-7-8-14(25-13)9-10-17-21-19(26)24(22-17)12-23(2)11-18-20-15-5-3-4-6-16(15)27-18/h3-10H,11-12H2,1-2H3,(H,21,22,26)/b10-9+. The number of fused-ring (bicyclic) bond motifs is 1. The first-order chi connectivity index (χ1) is 13.1. The van der Waals surface area contributed by atoms with E-state index in [1.165, 1.54) is 4.70 Å². The lowest BCUT2D eigenvalue weighted by atomic mass is 10.3. The van der Waals surface area contributed by atoms with Gasteiger partial charge in [-0.25, -0.2) is 9.67 Å². The van der Waals surface area contributed by atoms with Gasteiger partial charge in [0.15, 0.2) is 0 Å². The smallest absolute Gasteiger partial charge is 0.217 e. The molecule has 0 aliphatic rings. The summed E-state index contributed by atoms with van der Waals surface area (Å²) in [7, 11) is 2.04. The zero-order chi connectivity index (χ0) is 18.8. The van der Waals surface area contributed by atoms with E-state index in [1.807, 2.05) is 61.1 Å². The summed E-state index contributed by atoms with van der Waals surface area (Å²) in [5.41, 5.74) is 1.05. The largest absolute Gasteiger partial charge is 0.462 e. The van der Waals surface area contributed by atoms with E-state index in [0.717, 1.165) is 28.6 Å². The summed E-state index contributed by atoms with van der Waals surface area (Å²) in [4.78, 5) is 11.2. The van der Waals surface area contributed by atoms with Gasteiger partial charge in [-0.05, 0) is 62.6 Å². The lowest BCUT2D eigenvalue weighted by molar-refractivity contribution is 0.244. The van der Waals surface area contributed by atoms with Gasteiger partial charge in [0.2, 0.25) is 4.77 Å². The third-order valence-corrected chi connectivity index (χ3v) is 5.32. The van der Waals surface area contributed by atoms with Gasteiger partial charge >= 0.3 is 0 Å². The van der Waals surface area contributed by atoms with E-state index in [-0.39, 0.29) is 0 Å². The van der Waals surface area contributed by atoms with Crippen LogP contribution in [0.3, 0.4) is 0 Å². The second kappa shape index (κ2) is 7.59. The summed E-state index contributed by atoms with van der Waals surface area (Å²) >= 11 is 7.08. The van der Waals surface area contributed by atoms with Crippen molar-refractivity contribution >= 4 is 45.9 Å². The minimum absolute atomic E-state index is 0.515. The summed E-state index contributed by atoms with van der Waals surface area (Å²) in [6, 6.07) is 12.0. The van der Waals surface area contributed by atoms with Crippen molar-refractivity contribution in [2.75, 3.05) is 7.05 Å². The number of aromatic amines is 1. The molecule has 0 amide bonds. The number of nitrogens with one attached hydrogen (secondary N) is 1.